The molecule has 1 heterocycles. The number of nitrogens with one attached hydrogen (secondary N) is 4. The Labute approximate surface area is 269 Å². The van der Waals surface area contributed by atoms with Crippen LogP contribution in [0.3, 0.4) is 0 Å². The number of carbonyl (C=O) groups excluding carboxylic acids is 5. The molecule has 250 valence electrons. The van der Waals surface area contributed by atoms with Crippen LogP contribution < -0.4 is 21.3 Å². The summed E-state index contributed by atoms with van der Waals surface area (Å²) in [5.74, 6) is -3.46. The molecule has 1 fully saturated rings. The molecule has 1 aliphatic heterocycles. The lowest BCUT2D eigenvalue weighted by molar-refractivity contribution is -0.141. The number of ketones is 1. The first-order valence-corrected chi connectivity index (χ1v) is 15.7. The molecule has 0 saturated carbocycles. The van der Waals surface area contributed by atoms with Crippen LogP contribution in [0.5, 0.6) is 0 Å². The Balaban J connectivity index is 1.77. The van der Waals surface area contributed by atoms with Gasteiger partial charge < -0.3 is 30.7 Å². The fraction of sp³-hybridized carbons (Fsp3) is 0.500. The Morgan fingerprint density at radius 2 is 1.48 bits per heavy atom. The molecule has 0 spiro atoms. The predicted molar refractivity (Wildman–Crippen MR) is 169 cm³/mol. The highest BCUT2D eigenvalue weighted by atomic mass is 19.1. The van der Waals surface area contributed by atoms with Gasteiger partial charge in [0.25, 0.3) is 5.91 Å². The van der Waals surface area contributed by atoms with Crippen molar-refractivity contribution in [2.45, 2.75) is 96.7 Å². The Morgan fingerprint density at radius 1 is 0.826 bits per heavy atom. The molecule has 4 N–H and O–H groups in total. The van der Waals surface area contributed by atoms with Crippen molar-refractivity contribution in [3.63, 3.8) is 0 Å². The molecule has 1 aliphatic rings. The molecule has 3 rings (SSSR count). The second kappa shape index (κ2) is 18.0. The fourth-order valence-electron chi connectivity index (χ4n) is 5.04. The van der Waals surface area contributed by atoms with Crippen molar-refractivity contribution in [3.8, 4) is 0 Å². The molecule has 2 aromatic carbocycles. The van der Waals surface area contributed by atoms with Crippen LogP contribution in [0.1, 0.15) is 64.5 Å². The number of rotatable bonds is 16. The summed E-state index contributed by atoms with van der Waals surface area (Å²) < 4.78 is 24.6. The molecule has 4 atom stereocenters. The van der Waals surface area contributed by atoms with Gasteiger partial charge in [-0.05, 0) is 62.3 Å². The summed E-state index contributed by atoms with van der Waals surface area (Å²) >= 11 is 0. The molecule has 1 saturated heterocycles. The second-order valence-corrected chi connectivity index (χ2v) is 12.2. The zero-order chi connectivity index (χ0) is 33.6. The van der Waals surface area contributed by atoms with Gasteiger partial charge in [-0.1, -0.05) is 56.3 Å². The quantitative estimate of drug-likeness (QED) is 0.206. The van der Waals surface area contributed by atoms with Gasteiger partial charge in [0.2, 0.25) is 17.6 Å². The average Bonchev–Trinajstić information content (AvgIpc) is 3.53. The van der Waals surface area contributed by atoms with E-state index in [9.17, 15) is 28.4 Å². The smallest absolute Gasteiger partial charge is 0.408 e. The SMILES string of the molecule is CC(C)C[C@H](NC(=O)[C@H](Cc1ccc(F)cc1)NC(=O)OCc1ccccc1)C(=O)NC(CC1CCCO1)C(=O)C(=O)NC(C)C. The number of hydrogen-bond donors (Lipinski definition) is 4. The number of halogens is 1. The van der Waals surface area contributed by atoms with E-state index in [0.717, 1.165) is 12.0 Å². The molecule has 11 nitrogen and oxygen atoms in total. The van der Waals surface area contributed by atoms with Crippen molar-refractivity contribution in [2.75, 3.05) is 6.61 Å². The standard InChI is InChI=1S/C34H45FN4O7/c1-21(2)17-28(31(41)37-27(19-26-11-8-16-45-26)30(40)33(43)36-22(3)4)38-32(42)29(18-23-12-14-25(35)15-13-23)39-34(44)46-20-24-9-6-5-7-10-24/h5-7,9-10,12-15,21-22,26-29H,8,11,16-20H2,1-4H3,(H,36,43)(H,37,41)(H,38,42)(H,39,44)/t26?,27?,28-,29-/m0/s1. The molecule has 0 aliphatic carbocycles. The first-order valence-electron chi connectivity index (χ1n) is 15.7. The molecular formula is C34H45FN4O7. The van der Waals surface area contributed by atoms with E-state index in [1.165, 1.54) is 24.3 Å². The van der Waals surface area contributed by atoms with Crippen LogP contribution in [-0.2, 0) is 41.7 Å². The minimum absolute atomic E-state index is 0.0158. The third-order valence-electron chi connectivity index (χ3n) is 7.31. The van der Waals surface area contributed by atoms with Gasteiger partial charge in [0.05, 0.1) is 12.1 Å². The van der Waals surface area contributed by atoms with Gasteiger partial charge >= 0.3 is 6.09 Å². The monoisotopic (exact) mass is 640 g/mol. The van der Waals surface area contributed by atoms with Crippen LogP contribution in [-0.4, -0.2) is 66.5 Å². The van der Waals surface area contributed by atoms with Crippen LogP contribution in [0, 0.1) is 11.7 Å². The van der Waals surface area contributed by atoms with Crippen molar-refractivity contribution >= 4 is 29.6 Å². The van der Waals surface area contributed by atoms with Gasteiger partial charge in [-0.15, -0.1) is 0 Å². The maximum atomic E-state index is 13.7. The third-order valence-corrected chi connectivity index (χ3v) is 7.31. The van der Waals surface area contributed by atoms with Crippen LogP contribution >= 0.6 is 0 Å². The number of alkyl carbamates (subject to hydrolysis) is 1. The highest BCUT2D eigenvalue weighted by Crippen LogP contribution is 2.18. The molecule has 0 aromatic heterocycles. The summed E-state index contributed by atoms with van der Waals surface area (Å²) in [7, 11) is 0. The van der Waals surface area contributed by atoms with E-state index in [2.05, 4.69) is 21.3 Å². The Hall–Kier alpha value is -4.32. The average molecular weight is 641 g/mol. The predicted octanol–water partition coefficient (Wildman–Crippen LogP) is 3.34. The van der Waals surface area contributed by atoms with Gasteiger partial charge in [-0.3, -0.25) is 19.2 Å². The lowest BCUT2D eigenvalue weighted by Gasteiger charge is -2.27. The van der Waals surface area contributed by atoms with Crippen LogP contribution in [0.4, 0.5) is 9.18 Å². The minimum Gasteiger partial charge on any atom is -0.445 e. The molecule has 0 radical (unpaired) electrons. The minimum atomic E-state index is -1.18. The number of carbonyl (C=O) groups is 5. The number of benzene rings is 2. The van der Waals surface area contributed by atoms with E-state index in [-0.39, 0.29) is 43.9 Å². The summed E-state index contributed by atoms with van der Waals surface area (Å²) in [6, 6.07) is 10.8. The summed E-state index contributed by atoms with van der Waals surface area (Å²) in [5, 5.41) is 10.5. The normalized spacial score (nSPS) is 16.3. The largest absolute Gasteiger partial charge is 0.445 e. The van der Waals surface area contributed by atoms with E-state index in [1.54, 1.807) is 38.1 Å². The van der Waals surface area contributed by atoms with Crippen molar-refractivity contribution in [2.24, 2.45) is 5.92 Å². The summed E-state index contributed by atoms with van der Waals surface area (Å²) in [6.07, 6.45) is 0.644. The van der Waals surface area contributed by atoms with Gasteiger partial charge in [0.15, 0.2) is 0 Å². The highest BCUT2D eigenvalue weighted by molar-refractivity contribution is 6.38. The number of amides is 4. The zero-order valence-corrected chi connectivity index (χ0v) is 26.8. The lowest BCUT2D eigenvalue weighted by atomic mass is 9.98. The topological polar surface area (TPSA) is 152 Å². The molecule has 0 bridgehead atoms. The molecule has 2 unspecified atom stereocenters. The fourth-order valence-corrected chi connectivity index (χ4v) is 5.04. The second-order valence-electron chi connectivity index (χ2n) is 12.2. The first kappa shape index (κ1) is 36.2. The molecule has 4 amide bonds. The van der Waals surface area contributed by atoms with Crippen LogP contribution in [0.2, 0.25) is 0 Å². The number of Topliss-reactive ketones (excluding diaryl/α,β-unsaturated/α-hetero) is 1. The lowest BCUT2D eigenvalue weighted by Crippen LogP contribution is -2.58. The summed E-state index contributed by atoms with van der Waals surface area (Å²) in [6.45, 7) is 7.68. The maximum absolute atomic E-state index is 13.7. The van der Waals surface area contributed by atoms with Gasteiger partial charge in [0, 0.05) is 25.5 Å². The van der Waals surface area contributed by atoms with Crippen molar-refractivity contribution < 1.29 is 37.8 Å². The van der Waals surface area contributed by atoms with Crippen LogP contribution in [0.25, 0.3) is 0 Å². The third kappa shape index (κ3) is 12.2. The Morgan fingerprint density at radius 3 is 2.09 bits per heavy atom. The molecule has 12 heteroatoms. The first-order chi connectivity index (χ1) is 21.9. The van der Waals surface area contributed by atoms with Crippen molar-refractivity contribution in [1.82, 2.24) is 21.3 Å². The number of hydrogen-bond acceptors (Lipinski definition) is 7. The van der Waals surface area contributed by atoms with Gasteiger partial charge in [-0.2, -0.15) is 0 Å². The summed E-state index contributed by atoms with van der Waals surface area (Å²) in [5.41, 5.74) is 1.31. The van der Waals surface area contributed by atoms with E-state index >= 15 is 0 Å². The van der Waals surface area contributed by atoms with E-state index in [0.29, 0.717) is 18.6 Å². The van der Waals surface area contributed by atoms with E-state index in [1.807, 2.05) is 19.9 Å². The van der Waals surface area contributed by atoms with Crippen LogP contribution in [0.15, 0.2) is 54.6 Å². The van der Waals surface area contributed by atoms with Crippen molar-refractivity contribution in [1.29, 1.82) is 0 Å². The zero-order valence-electron chi connectivity index (χ0n) is 26.8. The molecule has 2 aromatic rings. The Kier molecular flexibility index (Phi) is 14.1. The van der Waals surface area contributed by atoms with Gasteiger partial charge in [0.1, 0.15) is 24.5 Å². The summed E-state index contributed by atoms with van der Waals surface area (Å²) in [4.78, 5) is 65.8. The maximum Gasteiger partial charge on any atom is 0.408 e. The van der Waals surface area contributed by atoms with Gasteiger partial charge in [-0.25, -0.2) is 9.18 Å². The Bertz CT molecular complexity index is 1310. The van der Waals surface area contributed by atoms with Crippen molar-refractivity contribution in [3.05, 3.63) is 71.5 Å². The molecule has 46 heavy (non-hydrogen) atoms. The van der Waals surface area contributed by atoms with E-state index < -0.39 is 53.5 Å². The highest BCUT2D eigenvalue weighted by Gasteiger charge is 2.34. The molecular weight excluding hydrogens is 595 g/mol. The number of ether oxygens (including phenoxy) is 2. The van der Waals surface area contributed by atoms with E-state index in [4.69, 9.17) is 9.47 Å².